The van der Waals surface area contributed by atoms with Gasteiger partial charge in [0.05, 0.1) is 12.7 Å². The standard InChI is InChI=1S/C21H16N2O2/c1-25-21(24)20(23-22)19-10-6-5-9-18(19)17-13-11-16(12-14-17)15-7-3-2-4-8-15/h2-14H,1H3. The van der Waals surface area contributed by atoms with Crippen LogP contribution in [0.5, 0.6) is 0 Å². The third-order valence-electron chi connectivity index (χ3n) is 3.96. The van der Waals surface area contributed by atoms with Crippen molar-refractivity contribution in [1.29, 1.82) is 0 Å². The van der Waals surface area contributed by atoms with Crippen LogP contribution in [0.25, 0.3) is 27.8 Å². The molecule has 25 heavy (non-hydrogen) atoms. The van der Waals surface area contributed by atoms with Crippen LogP contribution in [0.15, 0.2) is 78.9 Å². The fourth-order valence-electron chi connectivity index (χ4n) is 2.72. The van der Waals surface area contributed by atoms with Gasteiger partial charge in [0.15, 0.2) is 0 Å². The number of hydrogen-bond acceptors (Lipinski definition) is 2. The number of carbonyl (C=O) groups excluding carboxylic acids is 1. The van der Waals surface area contributed by atoms with E-state index in [1.54, 1.807) is 12.1 Å². The lowest BCUT2D eigenvalue weighted by Gasteiger charge is -2.08. The molecular formula is C21H16N2O2. The molecule has 4 heteroatoms. The lowest BCUT2D eigenvalue weighted by Crippen LogP contribution is -2.19. The van der Waals surface area contributed by atoms with Crippen molar-refractivity contribution in [2.45, 2.75) is 0 Å². The van der Waals surface area contributed by atoms with Gasteiger partial charge in [0.2, 0.25) is 0 Å². The maximum Gasteiger partial charge on any atom is 0.422 e. The Labute approximate surface area is 145 Å². The van der Waals surface area contributed by atoms with Crippen LogP contribution in [0.3, 0.4) is 0 Å². The molecule has 0 amide bonds. The molecule has 3 rings (SSSR count). The van der Waals surface area contributed by atoms with E-state index >= 15 is 0 Å². The Morgan fingerprint density at radius 2 is 1.36 bits per heavy atom. The summed E-state index contributed by atoms with van der Waals surface area (Å²) in [7, 11) is 1.25. The monoisotopic (exact) mass is 328 g/mol. The van der Waals surface area contributed by atoms with Crippen LogP contribution in [0, 0.1) is 0 Å². The maximum atomic E-state index is 11.9. The molecule has 0 aliphatic heterocycles. The number of rotatable bonds is 4. The Hall–Kier alpha value is -3.49. The first-order chi connectivity index (χ1) is 12.2. The quantitative estimate of drug-likeness (QED) is 0.312. The van der Waals surface area contributed by atoms with Crippen molar-refractivity contribution in [3.63, 3.8) is 0 Å². The molecule has 0 spiro atoms. The van der Waals surface area contributed by atoms with Gasteiger partial charge in [-0.3, -0.25) is 0 Å². The second-order valence-electron chi connectivity index (χ2n) is 5.43. The van der Waals surface area contributed by atoms with E-state index in [4.69, 9.17) is 4.74 Å². The third kappa shape index (κ3) is 3.39. The van der Waals surface area contributed by atoms with Crippen LogP contribution in [-0.2, 0) is 9.53 Å². The van der Waals surface area contributed by atoms with Gasteiger partial charge in [-0.05, 0) is 28.3 Å². The molecule has 3 aromatic carbocycles. The summed E-state index contributed by atoms with van der Waals surface area (Å²) in [6, 6.07) is 25.3. The highest BCUT2D eigenvalue weighted by atomic mass is 16.5. The average Bonchev–Trinajstić information content (AvgIpc) is 2.69. The summed E-state index contributed by atoms with van der Waals surface area (Å²) in [5, 5.41) is 0. The van der Waals surface area contributed by atoms with Gasteiger partial charge in [0.25, 0.3) is 0 Å². The van der Waals surface area contributed by atoms with Crippen LogP contribution < -0.4 is 0 Å². The van der Waals surface area contributed by atoms with Gasteiger partial charge in [-0.2, -0.15) is 4.79 Å². The molecule has 0 radical (unpaired) electrons. The molecule has 3 aromatic rings. The Balaban J connectivity index is 2.03. The first-order valence-corrected chi connectivity index (χ1v) is 7.80. The van der Waals surface area contributed by atoms with Crippen LogP contribution >= 0.6 is 0 Å². The SMILES string of the molecule is COC(=O)C(=[N+]=[N-])c1ccccc1-c1ccc(-c2ccccc2)cc1. The van der Waals surface area contributed by atoms with Gasteiger partial charge in [-0.25, -0.2) is 4.79 Å². The normalized spacial score (nSPS) is 9.96. The van der Waals surface area contributed by atoms with Crippen molar-refractivity contribution in [2.24, 2.45) is 0 Å². The van der Waals surface area contributed by atoms with Crippen LogP contribution in [0.1, 0.15) is 5.56 Å². The summed E-state index contributed by atoms with van der Waals surface area (Å²) in [4.78, 5) is 15.0. The first-order valence-electron chi connectivity index (χ1n) is 7.80. The average molecular weight is 328 g/mol. The molecule has 4 nitrogen and oxygen atoms in total. The van der Waals surface area contributed by atoms with Gasteiger partial charge in [0.1, 0.15) is 0 Å². The third-order valence-corrected chi connectivity index (χ3v) is 3.96. The molecule has 122 valence electrons. The van der Waals surface area contributed by atoms with Gasteiger partial charge in [-0.15, -0.1) is 0 Å². The van der Waals surface area contributed by atoms with Gasteiger partial charge in [0, 0.05) is 0 Å². The predicted octanol–water partition coefficient (Wildman–Crippen LogP) is 4.21. The van der Waals surface area contributed by atoms with E-state index in [0.29, 0.717) is 5.56 Å². The van der Waals surface area contributed by atoms with E-state index in [2.05, 4.69) is 16.9 Å². The van der Waals surface area contributed by atoms with Crippen LogP contribution in [0.4, 0.5) is 0 Å². The van der Waals surface area contributed by atoms with Crippen molar-refractivity contribution in [3.8, 4) is 22.3 Å². The molecule has 0 bridgehead atoms. The molecule has 0 aliphatic rings. The highest BCUT2D eigenvalue weighted by molar-refractivity contribution is 6.42. The van der Waals surface area contributed by atoms with Crippen molar-refractivity contribution in [3.05, 3.63) is 90.0 Å². The van der Waals surface area contributed by atoms with E-state index < -0.39 is 5.97 Å². The number of carbonyl (C=O) groups is 1. The zero-order valence-electron chi connectivity index (χ0n) is 13.7. The predicted molar refractivity (Wildman–Crippen MR) is 97.1 cm³/mol. The number of nitrogens with zero attached hydrogens (tertiary/aromatic N) is 2. The smallest absolute Gasteiger partial charge is 0.422 e. The molecule has 0 fully saturated rings. The summed E-state index contributed by atoms with van der Waals surface area (Å²) >= 11 is 0. The Morgan fingerprint density at radius 1 is 0.800 bits per heavy atom. The first kappa shape index (κ1) is 16.4. The largest absolute Gasteiger partial charge is 0.460 e. The molecule has 0 atom stereocenters. The van der Waals surface area contributed by atoms with E-state index in [9.17, 15) is 10.3 Å². The number of benzene rings is 3. The van der Waals surface area contributed by atoms with E-state index in [1.165, 1.54) is 7.11 Å². The lowest BCUT2D eigenvalue weighted by atomic mass is 9.95. The molecule has 0 saturated heterocycles. The number of hydrogen-bond donors (Lipinski definition) is 0. The summed E-state index contributed by atoms with van der Waals surface area (Å²) in [5.74, 6) is -0.684. The highest BCUT2D eigenvalue weighted by Gasteiger charge is 2.26. The summed E-state index contributed by atoms with van der Waals surface area (Å²) in [6.45, 7) is 0. The fraction of sp³-hybridized carbons (Fsp3) is 0.0476. The summed E-state index contributed by atoms with van der Waals surface area (Å²) in [6.07, 6.45) is 0. The Bertz CT molecular complexity index is 941. The topological polar surface area (TPSA) is 62.7 Å². The van der Waals surface area contributed by atoms with E-state index in [-0.39, 0.29) is 5.71 Å². The number of esters is 1. The van der Waals surface area contributed by atoms with Crippen molar-refractivity contribution >= 4 is 11.7 Å². The minimum atomic E-state index is -0.684. The molecule has 0 N–H and O–H groups in total. The Kier molecular flexibility index (Phi) is 4.84. The van der Waals surface area contributed by atoms with Crippen LogP contribution in [0.2, 0.25) is 0 Å². The zero-order valence-corrected chi connectivity index (χ0v) is 13.7. The molecule has 0 aromatic heterocycles. The lowest BCUT2D eigenvalue weighted by molar-refractivity contribution is -0.137. The van der Waals surface area contributed by atoms with Crippen LogP contribution in [-0.4, -0.2) is 23.6 Å². The molecule has 0 saturated carbocycles. The Morgan fingerprint density at radius 3 is 2.00 bits per heavy atom. The van der Waals surface area contributed by atoms with Gasteiger partial charge in [-0.1, -0.05) is 72.8 Å². The molecular weight excluding hydrogens is 312 g/mol. The minimum Gasteiger partial charge on any atom is -0.460 e. The number of ether oxygens (including phenoxy) is 1. The van der Waals surface area contributed by atoms with Crippen molar-refractivity contribution < 1.29 is 14.3 Å². The summed E-state index contributed by atoms with van der Waals surface area (Å²) < 4.78 is 4.70. The van der Waals surface area contributed by atoms with Gasteiger partial charge < -0.3 is 10.3 Å². The van der Waals surface area contributed by atoms with Crippen molar-refractivity contribution in [2.75, 3.05) is 7.11 Å². The number of methoxy groups -OCH3 is 1. The minimum absolute atomic E-state index is 0.120. The second-order valence-corrected chi connectivity index (χ2v) is 5.43. The summed E-state index contributed by atoms with van der Waals surface area (Å²) in [5.41, 5.74) is 13.6. The second kappa shape index (κ2) is 7.39. The van der Waals surface area contributed by atoms with E-state index in [1.807, 2.05) is 54.6 Å². The van der Waals surface area contributed by atoms with Crippen molar-refractivity contribution in [1.82, 2.24) is 0 Å². The van der Waals surface area contributed by atoms with E-state index in [0.717, 1.165) is 22.3 Å². The fourth-order valence-corrected chi connectivity index (χ4v) is 2.72. The highest BCUT2D eigenvalue weighted by Crippen LogP contribution is 2.27. The maximum absolute atomic E-state index is 11.9. The molecule has 0 unspecified atom stereocenters. The zero-order chi connectivity index (χ0) is 17.6. The molecule has 0 heterocycles. The van der Waals surface area contributed by atoms with Gasteiger partial charge >= 0.3 is 11.7 Å². The molecule has 0 aliphatic carbocycles.